The minimum atomic E-state index is -3.20. The predicted octanol–water partition coefficient (Wildman–Crippen LogP) is 1.49. The average molecular weight is 378 g/mol. The molecule has 0 radical (unpaired) electrons. The molecule has 2 unspecified atom stereocenters. The fourth-order valence-electron chi connectivity index (χ4n) is 2.24. The molecule has 2 rings (SSSR count). The highest BCUT2D eigenvalue weighted by atomic mass is 79.9. The molecule has 0 bridgehead atoms. The molecule has 1 fully saturated rings. The van der Waals surface area contributed by atoms with Gasteiger partial charge in [-0.05, 0) is 36.7 Å². The van der Waals surface area contributed by atoms with Gasteiger partial charge in [0, 0.05) is 11.0 Å². The number of ether oxygens (including phenoxy) is 1. The maximum Gasteiger partial charge on any atom is 0.156 e. The van der Waals surface area contributed by atoms with Gasteiger partial charge in [-0.2, -0.15) is 0 Å². The second kappa shape index (κ2) is 7.09. The molecule has 1 aromatic rings. The van der Waals surface area contributed by atoms with Gasteiger partial charge in [-0.3, -0.25) is 0 Å². The van der Waals surface area contributed by atoms with Gasteiger partial charge in [-0.1, -0.05) is 22.9 Å². The van der Waals surface area contributed by atoms with Crippen LogP contribution in [-0.2, 0) is 16.4 Å². The molecule has 0 aliphatic carbocycles. The lowest BCUT2D eigenvalue weighted by atomic mass is 10.2. The predicted molar refractivity (Wildman–Crippen MR) is 85.2 cm³/mol. The highest BCUT2D eigenvalue weighted by Crippen LogP contribution is 2.25. The van der Waals surface area contributed by atoms with Gasteiger partial charge in [-0.25, -0.2) is 8.42 Å². The van der Waals surface area contributed by atoms with E-state index < -0.39 is 22.0 Å². The van der Waals surface area contributed by atoms with Crippen LogP contribution in [0, 0.1) is 0 Å². The molecule has 7 heteroatoms. The van der Waals surface area contributed by atoms with E-state index in [2.05, 4.69) is 28.2 Å². The fraction of sp³-hybridized carbons (Fsp3) is 0.571. The standard InChI is InChI=1S/C14H20BrNO4S/c1-2-5-16-7-10-6-11(3-4-12(10)15)20-14-9-21(18,19)8-13(14)17/h3-4,6,13-14,16-17H,2,5,7-9H2,1H3. The normalized spacial score (nSPS) is 24.1. The van der Waals surface area contributed by atoms with Crippen molar-refractivity contribution in [2.24, 2.45) is 0 Å². The van der Waals surface area contributed by atoms with Crippen LogP contribution in [0.2, 0.25) is 0 Å². The van der Waals surface area contributed by atoms with Crippen molar-refractivity contribution < 1.29 is 18.3 Å². The third-order valence-electron chi connectivity index (χ3n) is 3.32. The molecule has 0 spiro atoms. The van der Waals surface area contributed by atoms with Crippen LogP contribution in [-0.4, -0.2) is 43.8 Å². The lowest BCUT2D eigenvalue weighted by Crippen LogP contribution is -2.29. The van der Waals surface area contributed by atoms with E-state index in [4.69, 9.17) is 4.74 Å². The summed E-state index contributed by atoms with van der Waals surface area (Å²) in [4.78, 5) is 0. The average Bonchev–Trinajstić information content (AvgIpc) is 2.66. The number of hydrogen-bond acceptors (Lipinski definition) is 5. The quantitative estimate of drug-likeness (QED) is 0.734. The molecular weight excluding hydrogens is 358 g/mol. The Morgan fingerprint density at radius 1 is 1.43 bits per heavy atom. The SMILES string of the molecule is CCCNCc1cc(OC2CS(=O)(=O)CC2O)ccc1Br. The molecule has 21 heavy (non-hydrogen) atoms. The van der Waals surface area contributed by atoms with E-state index in [1.54, 1.807) is 6.07 Å². The molecule has 2 atom stereocenters. The van der Waals surface area contributed by atoms with Crippen LogP contribution in [0.1, 0.15) is 18.9 Å². The Kier molecular flexibility index (Phi) is 5.65. The maximum atomic E-state index is 11.5. The molecule has 118 valence electrons. The Balaban J connectivity index is 2.05. The van der Waals surface area contributed by atoms with Crippen molar-refractivity contribution in [2.45, 2.75) is 32.1 Å². The van der Waals surface area contributed by atoms with Gasteiger partial charge in [0.1, 0.15) is 18.0 Å². The van der Waals surface area contributed by atoms with Crippen LogP contribution < -0.4 is 10.1 Å². The van der Waals surface area contributed by atoms with E-state index in [1.165, 1.54) is 0 Å². The zero-order chi connectivity index (χ0) is 15.5. The first-order valence-electron chi connectivity index (χ1n) is 6.95. The summed E-state index contributed by atoms with van der Waals surface area (Å²) in [7, 11) is -3.20. The molecule has 1 aliphatic rings. The Bertz CT molecular complexity index is 591. The van der Waals surface area contributed by atoms with Crippen LogP contribution in [0.4, 0.5) is 0 Å². The highest BCUT2D eigenvalue weighted by Gasteiger charge is 2.38. The highest BCUT2D eigenvalue weighted by molar-refractivity contribution is 9.10. The second-order valence-electron chi connectivity index (χ2n) is 5.23. The molecular formula is C14H20BrNO4S. The van der Waals surface area contributed by atoms with E-state index in [-0.39, 0.29) is 11.5 Å². The summed E-state index contributed by atoms with van der Waals surface area (Å²) in [5, 5.41) is 13.1. The second-order valence-corrected chi connectivity index (χ2v) is 8.24. The Morgan fingerprint density at radius 3 is 2.81 bits per heavy atom. The monoisotopic (exact) mass is 377 g/mol. The van der Waals surface area contributed by atoms with Gasteiger partial charge < -0.3 is 15.2 Å². The van der Waals surface area contributed by atoms with Crippen molar-refractivity contribution in [3.05, 3.63) is 28.2 Å². The molecule has 1 aliphatic heterocycles. The van der Waals surface area contributed by atoms with Crippen molar-refractivity contribution in [2.75, 3.05) is 18.1 Å². The van der Waals surface area contributed by atoms with Crippen molar-refractivity contribution in [1.82, 2.24) is 5.32 Å². The van der Waals surface area contributed by atoms with E-state index in [9.17, 15) is 13.5 Å². The molecule has 1 saturated heterocycles. The largest absolute Gasteiger partial charge is 0.487 e. The van der Waals surface area contributed by atoms with Gasteiger partial charge in [-0.15, -0.1) is 0 Å². The first-order valence-corrected chi connectivity index (χ1v) is 9.57. The van der Waals surface area contributed by atoms with Crippen molar-refractivity contribution in [1.29, 1.82) is 0 Å². The fourth-order valence-corrected chi connectivity index (χ4v) is 4.29. The van der Waals surface area contributed by atoms with Crippen molar-refractivity contribution >= 4 is 25.8 Å². The van der Waals surface area contributed by atoms with E-state index >= 15 is 0 Å². The summed E-state index contributed by atoms with van der Waals surface area (Å²) < 4.78 is 29.6. The number of sulfone groups is 1. The van der Waals surface area contributed by atoms with Crippen LogP contribution in [0.15, 0.2) is 22.7 Å². The number of nitrogens with one attached hydrogen (secondary N) is 1. The number of aliphatic hydroxyl groups is 1. The summed E-state index contributed by atoms with van der Waals surface area (Å²) in [6.45, 7) is 3.73. The van der Waals surface area contributed by atoms with E-state index in [1.807, 2.05) is 12.1 Å². The Morgan fingerprint density at radius 2 is 2.19 bits per heavy atom. The van der Waals surface area contributed by atoms with Gasteiger partial charge in [0.25, 0.3) is 0 Å². The summed E-state index contributed by atoms with van der Waals surface area (Å²) in [5.41, 5.74) is 1.04. The molecule has 1 aromatic carbocycles. The minimum Gasteiger partial charge on any atom is -0.487 e. The Hall–Kier alpha value is -0.630. The van der Waals surface area contributed by atoms with Crippen molar-refractivity contribution in [3.63, 3.8) is 0 Å². The molecule has 5 nitrogen and oxygen atoms in total. The summed E-state index contributed by atoms with van der Waals surface area (Å²) in [5.74, 6) is 0.222. The van der Waals surface area contributed by atoms with Crippen LogP contribution in [0.5, 0.6) is 5.75 Å². The van der Waals surface area contributed by atoms with Crippen LogP contribution in [0.25, 0.3) is 0 Å². The minimum absolute atomic E-state index is 0.131. The zero-order valence-corrected chi connectivity index (χ0v) is 14.3. The number of halogens is 1. The summed E-state index contributed by atoms with van der Waals surface area (Å²) >= 11 is 3.48. The molecule has 2 N–H and O–H groups in total. The van der Waals surface area contributed by atoms with E-state index in [0.717, 1.165) is 23.0 Å². The first-order chi connectivity index (χ1) is 9.91. The van der Waals surface area contributed by atoms with Gasteiger partial charge >= 0.3 is 0 Å². The number of hydrogen-bond donors (Lipinski definition) is 2. The lowest BCUT2D eigenvalue weighted by molar-refractivity contribution is 0.0737. The molecule has 0 amide bonds. The molecule has 1 heterocycles. The Labute approximate surface area is 133 Å². The van der Waals surface area contributed by atoms with Gasteiger partial charge in [0.15, 0.2) is 9.84 Å². The number of rotatable bonds is 6. The third kappa shape index (κ3) is 4.67. The summed E-state index contributed by atoms with van der Waals surface area (Å²) in [6, 6.07) is 5.50. The molecule has 0 aromatic heterocycles. The van der Waals surface area contributed by atoms with Gasteiger partial charge in [0.05, 0.1) is 11.5 Å². The van der Waals surface area contributed by atoms with E-state index in [0.29, 0.717) is 12.3 Å². The smallest absolute Gasteiger partial charge is 0.156 e. The lowest BCUT2D eigenvalue weighted by Gasteiger charge is -2.17. The van der Waals surface area contributed by atoms with Gasteiger partial charge in [0.2, 0.25) is 0 Å². The number of benzene rings is 1. The summed E-state index contributed by atoms with van der Waals surface area (Å²) in [6.07, 6.45) is -0.590. The zero-order valence-electron chi connectivity index (χ0n) is 11.9. The molecule has 0 saturated carbocycles. The van der Waals surface area contributed by atoms with Crippen LogP contribution >= 0.6 is 15.9 Å². The topological polar surface area (TPSA) is 75.6 Å². The maximum absolute atomic E-state index is 11.5. The van der Waals surface area contributed by atoms with Crippen molar-refractivity contribution in [3.8, 4) is 5.75 Å². The third-order valence-corrected chi connectivity index (χ3v) is 5.78. The first kappa shape index (κ1) is 16.7. The number of aliphatic hydroxyl groups excluding tert-OH is 1. The van der Waals surface area contributed by atoms with Crippen LogP contribution in [0.3, 0.4) is 0 Å².